The minimum absolute atomic E-state index is 0.156. The van der Waals surface area contributed by atoms with Crippen molar-refractivity contribution in [2.24, 2.45) is 0 Å². The lowest BCUT2D eigenvalue weighted by atomic mass is 10.1. The van der Waals surface area contributed by atoms with Crippen LogP contribution in [0.2, 0.25) is 0 Å². The van der Waals surface area contributed by atoms with E-state index in [0.717, 1.165) is 91.9 Å². The average Bonchev–Trinajstić information content (AvgIpc) is 3.20. The van der Waals surface area contributed by atoms with Crippen molar-refractivity contribution >= 4 is 6.09 Å². The second-order valence-electron chi connectivity index (χ2n) is 13.8. The highest BCUT2D eigenvalue weighted by Gasteiger charge is 2.21. The molecule has 3 aromatic carbocycles. The highest BCUT2D eigenvalue weighted by atomic mass is 16.7. The number of carbonyl (C=O) groups is 1. The van der Waals surface area contributed by atoms with Crippen molar-refractivity contribution < 1.29 is 38.0 Å². The summed E-state index contributed by atoms with van der Waals surface area (Å²) in [5.41, 5.74) is 3.87. The summed E-state index contributed by atoms with van der Waals surface area (Å²) in [6, 6.07) is 22.6. The van der Waals surface area contributed by atoms with E-state index in [0.29, 0.717) is 19.5 Å². The molecule has 0 radical (unpaired) electrons. The number of ether oxygens (including phenoxy) is 7. The molecule has 3 aromatic rings. The molecular formula is C40H58N4O8. The molecule has 1 N–H and O–H groups in total. The quantitative estimate of drug-likeness (QED) is 0.168. The molecule has 0 atom stereocenters. The molecular weight excluding hydrogens is 664 g/mol. The van der Waals surface area contributed by atoms with E-state index in [2.05, 4.69) is 50.3 Å². The number of carbonyl (C=O) groups excluding carboxylic acids is 1. The number of amides is 1. The molecule has 1 aliphatic heterocycles. The SMILES string of the molecule is COCOc1ccccc1CN1CCN(Cc2ccccc2OCOC)CCN(Cc2cc(CCNC(=O)OC(C)(C)C)ccc2OCOC)CC1. The Kier molecular flexibility index (Phi) is 17.0. The first-order valence-corrected chi connectivity index (χ1v) is 17.9. The third-order valence-electron chi connectivity index (χ3n) is 8.53. The van der Waals surface area contributed by atoms with E-state index in [1.165, 1.54) is 0 Å². The first kappa shape index (κ1) is 40.9. The number of methoxy groups -OCH3 is 3. The Hall–Kier alpha value is -3.91. The smallest absolute Gasteiger partial charge is 0.407 e. The van der Waals surface area contributed by atoms with E-state index in [4.69, 9.17) is 33.2 Å². The van der Waals surface area contributed by atoms with Gasteiger partial charge in [0.1, 0.15) is 22.8 Å². The third-order valence-corrected chi connectivity index (χ3v) is 8.53. The fourth-order valence-corrected chi connectivity index (χ4v) is 5.97. The van der Waals surface area contributed by atoms with E-state index in [-0.39, 0.29) is 20.4 Å². The van der Waals surface area contributed by atoms with Gasteiger partial charge in [0.15, 0.2) is 20.4 Å². The van der Waals surface area contributed by atoms with Gasteiger partial charge < -0.3 is 38.5 Å². The van der Waals surface area contributed by atoms with Crippen molar-refractivity contribution in [1.29, 1.82) is 0 Å². The van der Waals surface area contributed by atoms with Crippen molar-refractivity contribution in [2.75, 3.05) is 87.5 Å². The lowest BCUT2D eigenvalue weighted by Gasteiger charge is -2.27. The second kappa shape index (κ2) is 21.6. The summed E-state index contributed by atoms with van der Waals surface area (Å²) < 4.78 is 39.0. The van der Waals surface area contributed by atoms with Gasteiger partial charge in [-0.15, -0.1) is 0 Å². The van der Waals surface area contributed by atoms with Gasteiger partial charge in [0.25, 0.3) is 0 Å². The molecule has 0 saturated carbocycles. The van der Waals surface area contributed by atoms with Gasteiger partial charge in [-0.3, -0.25) is 14.7 Å². The summed E-state index contributed by atoms with van der Waals surface area (Å²) in [4.78, 5) is 19.7. The Morgan fingerprint density at radius 3 is 1.48 bits per heavy atom. The third kappa shape index (κ3) is 14.3. The van der Waals surface area contributed by atoms with Crippen molar-refractivity contribution in [3.05, 3.63) is 89.0 Å². The molecule has 4 rings (SSSR count). The van der Waals surface area contributed by atoms with Crippen LogP contribution in [0.25, 0.3) is 0 Å². The number of para-hydroxylation sites is 2. The molecule has 1 heterocycles. The van der Waals surface area contributed by atoms with Crippen LogP contribution in [0.15, 0.2) is 66.7 Å². The van der Waals surface area contributed by atoms with Gasteiger partial charge in [0, 0.05) is 103 Å². The number of nitrogens with one attached hydrogen (secondary N) is 1. The van der Waals surface area contributed by atoms with Crippen molar-refractivity contribution in [2.45, 2.75) is 52.4 Å². The normalized spacial score (nSPS) is 15.0. The van der Waals surface area contributed by atoms with Gasteiger partial charge in [-0.05, 0) is 51.0 Å². The monoisotopic (exact) mass is 722 g/mol. The minimum atomic E-state index is -0.546. The number of alkyl carbamates (subject to hydrolysis) is 1. The maximum Gasteiger partial charge on any atom is 0.407 e. The average molecular weight is 723 g/mol. The van der Waals surface area contributed by atoms with E-state index < -0.39 is 11.7 Å². The Morgan fingerprint density at radius 1 is 0.615 bits per heavy atom. The molecule has 286 valence electrons. The van der Waals surface area contributed by atoms with Crippen LogP contribution in [-0.2, 0) is 45.0 Å². The predicted octanol–water partition coefficient (Wildman–Crippen LogP) is 5.52. The van der Waals surface area contributed by atoms with Crippen molar-refractivity contribution in [3.63, 3.8) is 0 Å². The predicted molar refractivity (Wildman–Crippen MR) is 201 cm³/mol. The maximum absolute atomic E-state index is 12.2. The molecule has 0 bridgehead atoms. The number of nitrogens with zero attached hydrogens (tertiary/aromatic N) is 3. The molecule has 0 unspecified atom stereocenters. The van der Waals surface area contributed by atoms with Gasteiger partial charge >= 0.3 is 6.09 Å². The van der Waals surface area contributed by atoms with Crippen LogP contribution in [-0.4, -0.2) is 114 Å². The summed E-state index contributed by atoms with van der Waals surface area (Å²) in [5, 5.41) is 2.87. The highest BCUT2D eigenvalue weighted by Crippen LogP contribution is 2.25. The molecule has 1 fully saturated rings. The number of rotatable bonds is 18. The van der Waals surface area contributed by atoms with Crippen LogP contribution >= 0.6 is 0 Å². The number of benzene rings is 3. The maximum atomic E-state index is 12.2. The number of hydrogen-bond donors (Lipinski definition) is 1. The van der Waals surface area contributed by atoms with Crippen LogP contribution in [0.5, 0.6) is 17.2 Å². The van der Waals surface area contributed by atoms with Crippen molar-refractivity contribution in [1.82, 2.24) is 20.0 Å². The zero-order valence-corrected chi connectivity index (χ0v) is 31.9. The molecule has 1 amide bonds. The first-order chi connectivity index (χ1) is 25.2. The minimum Gasteiger partial charge on any atom is -0.467 e. The summed E-state index contributed by atoms with van der Waals surface area (Å²) >= 11 is 0. The highest BCUT2D eigenvalue weighted by molar-refractivity contribution is 5.67. The van der Waals surface area contributed by atoms with Gasteiger partial charge in [-0.1, -0.05) is 48.5 Å². The van der Waals surface area contributed by atoms with Crippen LogP contribution in [0.1, 0.15) is 43.0 Å². The largest absolute Gasteiger partial charge is 0.467 e. The van der Waals surface area contributed by atoms with Crippen LogP contribution in [0.3, 0.4) is 0 Å². The Balaban J connectivity index is 1.54. The second-order valence-corrected chi connectivity index (χ2v) is 13.8. The Morgan fingerprint density at radius 2 is 1.04 bits per heavy atom. The lowest BCUT2D eigenvalue weighted by Crippen LogP contribution is -2.35. The molecule has 12 nitrogen and oxygen atoms in total. The van der Waals surface area contributed by atoms with Crippen LogP contribution < -0.4 is 19.5 Å². The lowest BCUT2D eigenvalue weighted by molar-refractivity contribution is 0.0493. The fourth-order valence-electron chi connectivity index (χ4n) is 5.97. The summed E-state index contributed by atoms with van der Waals surface area (Å²) in [7, 11) is 4.89. The van der Waals surface area contributed by atoms with Gasteiger partial charge in [-0.25, -0.2) is 4.79 Å². The molecule has 1 saturated heterocycles. The molecule has 0 aromatic heterocycles. The Labute approximate surface area is 309 Å². The molecule has 0 spiro atoms. The topological polar surface area (TPSA) is 103 Å². The summed E-state index contributed by atoms with van der Waals surface area (Å²) in [5.74, 6) is 2.45. The zero-order chi connectivity index (χ0) is 37.2. The molecule has 12 heteroatoms. The van der Waals surface area contributed by atoms with E-state index in [1.807, 2.05) is 57.2 Å². The van der Waals surface area contributed by atoms with E-state index >= 15 is 0 Å². The molecule has 0 aliphatic carbocycles. The fraction of sp³-hybridized carbons (Fsp3) is 0.525. The first-order valence-electron chi connectivity index (χ1n) is 17.9. The standard InChI is InChI=1S/C40H58N4O8/c1-40(2,3)52-39(45)41-18-17-32-15-16-38(51-31-48-6)35(25-32)28-44-23-21-42(26-33-11-7-9-13-36(33)49-29-46-4)19-20-43(22-24-44)27-34-12-8-10-14-37(34)50-30-47-5/h7-16,25H,17-24,26-31H2,1-6H3,(H,41,45). The van der Waals surface area contributed by atoms with Gasteiger partial charge in [-0.2, -0.15) is 0 Å². The summed E-state index contributed by atoms with van der Waals surface area (Å²) in [6.45, 7) is 14.0. The van der Waals surface area contributed by atoms with E-state index in [9.17, 15) is 4.79 Å². The summed E-state index contributed by atoms with van der Waals surface area (Å²) in [6.07, 6.45) is 0.243. The molecule has 1 aliphatic rings. The Bertz CT molecular complexity index is 1430. The van der Waals surface area contributed by atoms with Crippen LogP contribution in [0, 0.1) is 0 Å². The zero-order valence-electron chi connectivity index (χ0n) is 31.9. The van der Waals surface area contributed by atoms with Crippen LogP contribution in [0.4, 0.5) is 4.79 Å². The molecule has 52 heavy (non-hydrogen) atoms. The van der Waals surface area contributed by atoms with Gasteiger partial charge in [0.2, 0.25) is 0 Å². The van der Waals surface area contributed by atoms with E-state index in [1.54, 1.807) is 21.3 Å². The van der Waals surface area contributed by atoms with Crippen molar-refractivity contribution in [3.8, 4) is 17.2 Å². The number of hydrogen-bond acceptors (Lipinski definition) is 11. The van der Waals surface area contributed by atoms with Gasteiger partial charge in [0.05, 0.1) is 0 Å².